The van der Waals surface area contributed by atoms with Crippen LogP contribution >= 0.6 is 15.9 Å². The molecule has 1 N–H and O–H groups in total. The maximum Gasteiger partial charge on any atom is 0.217 e. The number of nitrogens with one attached hydrogen (secondary N) is 1. The fraction of sp³-hybridized carbons (Fsp3) is 0.500. The van der Waals surface area contributed by atoms with E-state index < -0.39 is 28.6 Å². The quantitative estimate of drug-likeness (QED) is 0.755. The first-order valence-corrected chi connectivity index (χ1v) is 9.65. The number of halogens is 1. The lowest BCUT2D eigenvalue weighted by molar-refractivity contribution is -0.286. The van der Waals surface area contributed by atoms with E-state index in [0.717, 1.165) is 4.47 Å². The summed E-state index contributed by atoms with van der Waals surface area (Å²) in [5.41, 5.74) is -2.97. The summed E-state index contributed by atoms with van der Waals surface area (Å²) in [7, 11) is 0. The van der Waals surface area contributed by atoms with Gasteiger partial charge in [-0.2, -0.15) is 15.8 Å². The lowest BCUT2D eigenvalue weighted by Crippen LogP contribution is -2.59. The Balaban J connectivity index is 2.33. The molecule has 4 atom stereocenters. The SMILES string of the molecule is CCCC12OC(=N)C(C#N)(C1CC)C(C#N)(C#N)C(c1ccc(Br)cc1)O2. The van der Waals surface area contributed by atoms with Crippen LogP contribution in [0, 0.1) is 56.2 Å². The predicted molar refractivity (Wildman–Crippen MR) is 99.9 cm³/mol. The number of rotatable bonds is 4. The van der Waals surface area contributed by atoms with Gasteiger partial charge < -0.3 is 9.47 Å². The molecule has 2 saturated heterocycles. The molecular formula is C20H19BrN4O2. The third-order valence-corrected chi connectivity index (χ3v) is 6.26. The van der Waals surface area contributed by atoms with Gasteiger partial charge in [-0.25, -0.2) is 0 Å². The number of nitriles is 3. The summed E-state index contributed by atoms with van der Waals surface area (Å²) in [6, 6.07) is 13.4. The van der Waals surface area contributed by atoms with Crippen molar-refractivity contribution in [3.8, 4) is 18.2 Å². The molecule has 2 bridgehead atoms. The number of benzene rings is 1. The van der Waals surface area contributed by atoms with Crippen molar-refractivity contribution < 1.29 is 9.47 Å². The molecule has 0 aliphatic carbocycles. The fourth-order valence-corrected chi connectivity index (χ4v) is 4.87. The predicted octanol–water partition coefficient (Wildman–Crippen LogP) is 4.59. The van der Waals surface area contributed by atoms with E-state index in [2.05, 4.69) is 34.1 Å². The van der Waals surface area contributed by atoms with E-state index in [1.165, 1.54) is 0 Å². The molecule has 2 fully saturated rings. The van der Waals surface area contributed by atoms with E-state index in [1.54, 1.807) is 24.3 Å². The molecule has 7 heteroatoms. The van der Waals surface area contributed by atoms with E-state index in [1.807, 2.05) is 13.8 Å². The first-order valence-electron chi connectivity index (χ1n) is 8.86. The molecule has 0 aromatic heterocycles. The van der Waals surface area contributed by atoms with Crippen LogP contribution in [0.25, 0.3) is 0 Å². The Kier molecular flexibility index (Phi) is 4.76. The van der Waals surface area contributed by atoms with Crippen LogP contribution in [-0.4, -0.2) is 11.7 Å². The first-order chi connectivity index (χ1) is 12.9. The summed E-state index contributed by atoms with van der Waals surface area (Å²) in [6.45, 7) is 3.83. The lowest BCUT2D eigenvalue weighted by Gasteiger charge is -2.49. The summed E-state index contributed by atoms with van der Waals surface area (Å²) < 4.78 is 13.1. The van der Waals surface area contributed by atoms with E-state index in [-0.39, 0.29) is 5.90 Å². The van der Waals surface area contributed by atoms with Gasteiger partial charge in [0.05, 0.1) is 24.1 Å². The molecule has 4 unspecified atom stereocenters. The topological polar surface area (TPSA) is 114 Å². The van der Waals surface area contributed by atoms with Gasteiger partial charge in [0.25, 0.3) is 0 Å². The van der Waals surface area contributed by atoms with Crippen molar-refractivity contribution in [1.82, 2.24) is 0 Å². The molecule has 0 amide bonds. The Hall–Kier alpha value is -2.40. The van der Waals surface area contributed by atoms with E-state index in [0.29, 0.717) is 24.8 Å². The van der Waals surface area contributed by atoms with E-state index in [4.69, 9.17) is 14.9 Å². The molecule has 0 saturated carbocycles. The van der Waals surface area contributed by atoms with Crippen LogP contribution in [0.5, 0.6) is 0 Å². The highest BCUT2D eigenvalue weighted by molar-refractivity contribution is 9.10. The minimum Gasteiger partial charge on any atom is -0.447 e. The van der Waals surface area contributed by atoms with Crippen molar-refractivity contribution in [3.63, 3.8) is 0 Å². The normalized spacial score (nSPS) is 33.4. The van der Waals surface area contributed by atoms with Gasteiger partial charge in [0.15, 0.2) is 5.41 Å². The van der Waals surface area contributed by atoms with Crippen LogP contribution < -0.4 is 0 Å². The number of nitrogens with zero attached hydrogens (tertiary/aromatic N) is 3. The Bertz CT molecular complexity index is 881. The van der Waals surface area contributed by atoms with Gasteiger partial charge in [-0.15, -0.1) is 0 Å². The standard InChI is InChI=1S/C20H19BrN4O2/c1-3-9-20-15(4-2)19(12-24,17(25)27-20)18(10-22,11-23)16(26-20)13-5-7-14(21)8-6-13/h5-8,15-16,25H,3-4,9H2,1-2H3. The van der Waals surface area contributed by atoms with Gasteiger partial charge in [0.2, 0.25) is 17.1 Å². The van der Waals surface area contributed by atoms with Crippen molar-refractivity contribution in [3.05, 3.63) is 34.3 Å². The van der Waals surface area contributed by atoms with Gasteiger partial charge in [-0.1, -0.05) is 41.9 Å². The highest BCUT2D eigenvalue weighted by Gasteiger charge is 2.79. The van der Waals surface area contributed by atoms with Crippen molar-refractivity contribution in [2.45, 2.75) is 45.0 Å². The molecular weight excluding hydrogens is 408 g/mol. The maximum absolute atomic E-state index is 10.2. The Morgan fingerprint density at radius 2 is 1.74 bits per heavy atom. The van der Waals surface area contributed by atoms with Crippen molar-refractivity contribution in [2.75, 3.05) is 0 Å². The van der Waals surface area contributed by atoms with Gasteiger partial charge >= 0.3 is 0 Å². The molecule has 0 radical (unpaired) electrons. The van der Waals surface area contributed by atoms with Crippen LogP contribution in [0.1, 0.15) is 44.8 Å². The van der Waals surface area contributed by atoms with Gasteiger partial charge in [0.1, 0.15) is 6.10 Å². The summed E-state index contributed by atoms with van der Waals surface area (Å²) in [5, 5.41) is 38.9. The molecule has 1 aromatic carbocycles. The zero-order valence-electron chi connectivity index (χ0n) is 15.1. The molecule has 3 rings (SSSR count). The van der Waals surface area contributed by atoms with Crippen LogP contribution in [0.4, 0.5) is 0 Å². The molecule has 27 heavy (non-hydrogen) atoms. The average Bonchev–Trinajstić information content (AvgIpc) is 2.86. The van der Waals surface area contributed by atoms with Crippen LogP contribution in [0.15, 0.2) is 28.7 Å². The zero-order valence-corrected chi connectivity index (χ0v) is 16.7. The number of ether oxygens (including phenoxy) is 2. The first kappa shape index (κ1) is 19.4. The summed E-state index contributed by atoms with van der Waals surface area (Å²) >= 11 is 3.38. The van der Waals surface area contributed by atoms with Crippen molar-refractivity contribution in [1.29, 1.82) is 21.2 Å². The Labute approximate surface area is 166 Å². The highest BCUT2D eigenvalue weighted by Crippen LogP contribution is 2.68. The highest BCUT2D eigenvalue weighted by atomic mass is 79.9. The smallest absolute Gasteiger partial charge is 0.217 e. The number of hydrogen-bond acceptors (Lipinski definition) is 6. The minimum absolute atomic E-state index is 0.340. The Morgan fingerprint density at radius 1 is 1.11 bits per heavy atom. The number of hydrogen-bond donors (Lipinski definition) is 1. The van der Waals surface area contributed by atoms with Crippen molar-refractivity contribution in [2.24, 2.45) is 16.7 Å². The van der Waals surface area contributed by atoms with Crippen LogP contribution in [0.3, 0.4) is 0 Å². The maximum atomic E-state index is 10.2. The monoisotopic (exact) mass is 426 g/mol. The van der Waals surface area contributed by atoms with Gasteiger partial charge in [0, 0.05) is 10.9 Å². The van der Waals surface area contributed by atoms with Crippen LogP contribution in [0.2, 0.25) is 0 Å². The largest absolute Gasteiger partial charge is 0.447 e. The lowest BCUT2D eigenvalue weighted by atomic mass is 9.52. The summed E-state index contributed by atoms with van der Waals surface area (Å²) in [4.78, 5) is 0. The molecule has 138 valence electrons. The molecule has 1 aromatic rings. The molecule has 6 nitrogen and oxygen atoms in total. The zero-order chi connectivity index (χ0) is 19.9. The molecule has 0 spiro atoms. The second-order valence-electron chi connectivity index (χ2n) is 6.95. The number of fused-ring (bicyclic) bond motifs is 2. The third-order valence-electron chi connectivity index (χ3n) is 5.73. The molecule has 2 aliphatic heterocycles. The second kappa shape index (κ2) is 6.64. The summed E-state index contributed by atoms with van der Waals surface area (Å²) in [6.07, 6.45) is 0.632. The fourth-order valence-electron chi connectivity index (χ4n) is 4.61. The van der Waals surface area contributed by atoms with Gasteiger partial charge in [-0.3, -0.25) is 5.41 Å². The van der Waals surface area contributed by atoms with Crippen molar-refractivity contribution >= 4 is 21.8 Å². The minimum atomic E-state index is -1.89. The second-order valence-corrected chi connectivity index (χ2v) is 7.87. The average molecular weight is 427 g/mol. The van der Waals surface area contributed by atoms with E-state index >= 15 is 0 Å². The van der Waals surface area contributed by atoms with E-state index in [9.17, 15) is 15.8 Å². The summed E-state index contributed by atoms with van der Waals surface area (Å²) in [5.74, 6) is -2.10. The van der Waals surface area contributed by atoms with Crippen LogP contribution in [-0.2, 0) is 9.47 Å². The molecule has 2 heterocycles. The Morgan fingerprint density at radius 3 is 2.22 bits per heavy atom. The van der Waals surface area contributed by atoms with Gasteiger partial charge in [-0.05, 0) is 30.5 Å². The third kappa shape index (κ3) is 2.27. The molecule has 2 aliphatic rings.